The van der Waals surface area contributed by atoms with Gasteiger partial charge in [0, 0.05) is 30.5 Å². The highest BCUT2D eigenvalue weighted by atomic mass is 16.1. The number of nitrogens with zero attached hydrogens (tertiary/aromatic N) is 3. The van der Waals surface area contributed by atoms with Gasteiger partial charge >= 0.3 is 0 Å². The number of rotatable bonds is 3. The van der Waals surface area contributed by atoms with Crippen molar-refractivity contribution in [3.8, 4) is 0 Å². The van der Waals surface area contributed by atoms with Gasteiger partial charge in [-0.3, -0.25) is 14.4 Å². The number of primary amides is 1. The second kappa shape index (κ2) is 5.31. The summed E-state index contributed by atoms with van der Waals surface area (Å²) >= 11 is 0. The molecule has 2 aliphatic heterocycles. The molecule has 3 heterocycles. The Labute approximate surface area is 137 Å². The van der Waals surface area contributed by atoms with Gasteiger partial charge in [-0.15, -0.1) is 0 Å². The van der Waals surface area contributed by atoms with Crippen LogP contribution in [0.5, 0.6) is 0 Å². The third kappa shape index (κ3) is 2.58. The van der Waals surface area contributed by atoms with Gasteiger partial charge in [-0.05, 0) is 44.8 Å². The molecule has 3 N–H and O–H groups in total. The zero-order valence-corrected chi connectivity index (χ0v) is 14.1. The SMILES string of the molecule is C[C@H](c1cc2n(n1)CCN(C)C2)C1CC12CC(C(N)=O)CCN2. The van der Waals surface area contributed by atoms with Gasteiger partial charge in [0.1, 0.15) is 0 Å². The molecule has 4 atom stereocenters. The normalized spacial score (nSPS) is 35.0. The predicted octanol–water partition coefficient (Wildman–Crippen LogP) is 0.676. The van der Waals surface area contributed by atoms with Crippen LogP contribution in [0.4, 0.5) is 0 Å². The van der Waals surface area contributed by atoms with Gasteiger partial charge in [0.15, 0.2) is 0 Å². The average Bonchev–Trinajstić information content (AvgIpc) is 3.03. The average molecular weight is 317 g/mol. The minimum absolute atomic E-state index is 0.0392. The van der Waals surface area contributed by atoms with Crippen molar-refractivity contribution in [2.24, 2.45) is 17.6 Å². The van der Waals surface area contributed by atoms with E-state index in [-0.39, 0.29) is 17.4 Å². The molecule has 0 radical (unpaired) electrons. The van der Waals surface area contributed by atoms with E-state index in [1.54, 1.807) is 0 Å². The quantitative estimate of drug-likeness (QED) is 0.859. The Hall–Kier alpha value is -1.40. The Morgan fingerprint density at radius 2 is 2.30 bits per heavy atom. The third-order valence-electron chi connectivity index (χ3n) is 6.19. The van der Waals surface area contributed by atoms with Gasteiger partial charge in [0.25, 0.3) is 0 Å². The lowest BCUT2D eigenvalue weighted by Crippen LogP contribution is -2.45. The highest BCUT2D eigenvalue weighted by molar-refractivity contribution is 5.77. The van der Waals surface area contributed by atoms with Crippen LogP contribution in [0.3, 0.4) is 0 Å². The summed E-state index contributed by atoms with van der Waals surface area (Å²) in [6, 6.07) is 2.28. The maximum Gasteiger partial charge on any atom is 0.220 e. The van der Waals surface area contributed by atoms with Gasteiger partial charge in [-0.1, -0.05) is 6.92 Å². The van der Waals surface area contributed by atoms with E-state index in [9.17, 15) is 4.79 Å². The zero-order valence-electron chi connectivity index (χ0n) is 14.1. The lowest BCUT2D eigenvalue weighted by atomic mass is 9.86. The number of carbonyl (C=O) groups is 1. The van der Waals surface area contributed by atoms with Crippen LogP contribution in [0, 0.1) is 11.8 Å². The minimum Gasteiger partial charge on any atom is -0.369 e. The summed E-state index contributed by atoms with van der Waals surface area (Å²) in [5.74, 6) is 0.902. The maximum atomic E-state index is 11.6. The van der Waals surface area contributed by atoms with E-state index in [2.05, 4.69) is 34.9 Å². The van der Waals surface area contributed by atoms with Crippen molar-refractivity contribution in [1.29, 1.82) is 0 Å². The van der Waals surface area contributed by atoms with Crippen LogP contribution in [0.1, 0.15) is 43.5 Å². The van der Waals surface area contributed by atoms with E-state index in [0.717, 1.165) is 45.4 Å². The summed E-state index contributed by atoms with van der Waals surface area (Å²) in [7, 11) is 2.16. The fourth-order valence-electron chi connectivity index (χ4n) is 4.63. The minimum atomic E-state index is -0.135. The molecule has 6 heteroatoms. The number of nitrogens with one attached hydrogen (secondary N) is 1. The fraction of sp³-hybridized carbons (Fsp3) is 0.765. The van der Waals surface area contributed by atoms with E-state index in [0.29, 0.717) is 11.8 Å². The van der Waals surface area contributed by atoms with Crippen LogP contribution >= 0.6 is 0 Å². The Morgan fingerprint density at radius 3 is 3.09 bits per heavy atom. The van der Waals surface area contributed by atoms with Gasteiger partial charge in [-0.2, -0.15) is 5.10 Å². The summed E-state index contributed by atoms with van der Waals surface area (Å²) in [5.41, 5.74) is 8.19. The lowest BCUT2D eigenvalue weighted by Gasteiger charge is -2.30. The molecule has 0 bridgehead atoms. The topological polar surface area (TPSA) is 76.2 Å². The molecule has 3 aliphatic rings. The molecule has 4 rings (SSSR count). The number of nitrogens with two attached hydrogens (primary N) is 1. The summed E-state index contributed by atoms with van der Waals surface area (Å²) in [6.07, 6.45) is 2.91. The molecule has 126 valence electrons. The van der Waals surface area contributed by atoms with Gasteiger partial charge < -0.3 is 11.1 Å². The summed E-state index contributed by atoms with van der Waals surface area (Å²) in [6.45, 7) is 6.22. The van der Waals surface area contributed by atoms with Crippen molar-refractivity contribution in [1.82, 2.24) is 20.0 Å². The van der Waals surface area contributed by atoms with E-state index < -0.39 is 0 Å². The van der Waals surface area contributed by atoms with Crippen LogP contribution < -0.4 is 11.1 Å². The lowest BCUT2D eigenvalue weighted by molar-refractivity contribution is -0.123. The zero-order chi connectivity index (χ0) is 16.2. The van der Waals surface area contributed by atoms with E-state index >= 15 is 0 Å². The molecule has 23 heavy (non-hydrogen) atoms. The van der Waals surface area contributed by atoms with E-state index in [4.69, 9.17) is 10.8 Å². The molecular weight excluding hydrogens is 290 g/mol. The standard InChI is InChI=1S/C17H27N5O/c1-11(15-7-13-10-21(2)5-6-22(13)20-15)14-9-17(14)8-12(16(18)23)3-4-19-17/h7,11-12,14,19H,3-6,8-10H2,1-2H3,(H2,18,23)/t11-,12?,14?,17?/m0/s1. The number of amides is 1. The molecule has 1 saturated heterocycles. The molecule has 3 unspecified atom stereocenters. The number of piperidine rings is 1. The van der Waals surface area contributed by atoms with Crippen molar-refractivity contribution in [3.05, 3.63) is 17.5 Å². The van der Waals surface area contributed by atoms with Gasteiger partial charge in [0.2, 0.25) is 5.91 Å². The van der Waals surface area contributed by atoms with Crippen LogP contribution in [0.25, 0.3) is 0 Å². The Balaban J connectivity index is 1.48. The molecular formula is C17H27N5O. The second-order valence-corrected chi connectivity index (χ2v) is 7.80. The summed E-state index contributed by atoms with van der Waals surface area (Å²) in [4.78, 5) is 13.9. The number of likely N-dealkylation sites (N-methyl/N-ethyl adjacent to an activating group) is 1. The first-order valence-electron chi connectivity index (χ1n) is 8.78. The largest absolute Gasteiger partial charge is 0.369 e. The first-order valence-corrected chi connectivity index (χ1v) is 8.78. The summed E-state index contributed by atoms with van der Waals surface area (Å²) < 4.78 is 2.17. The molecule has 1 aromatic rings. The second-order valence-electron chi connectivity index (χ2n) is 7.80. The van der Waals surface area contributed by atoms with Crippen LogP contribution in [0.15, 0.2) is 6.07 Å². The predicted molar refractivity (Wildman–Crippen MR) is 87.7 cm³/mol. The first-order chi connectivity index (χ1) is 11.0. The molecule has 1 aliphatic carbocycles. The van der Waals surface area contributed by atoms with Crippen LogP contribution in [-0.4, -0.2) is 46.3 Å². The van der Waals surface area contributed by atoms with E-state index in [1.807, 2.05) is 0 Å². The van der Waals surface area contributed by atoms with Gasteiger partial charge in [-0.25, -0.2) is 0 Å². The number of hydrogen-bond acceptors (Lipinski definition) is 4. The van der Waals surface area contributed by atoms with E-state index in [1.165, 1.54) is 11.4 Å². The molecule has 1 saturated carbocycles. The van der Waals surface area contributed by atoms with Crippen molar-refractivity contribution in [2.45, 2.75) is 50.7 Å². The summed E-state index contributed by atoms with van der Waals surface area (Å²) in [5, 5.41) is 8.52. The van der Waals surface area contributed by atoms with Crippen LogP contribution in [0.2, 0.25) is 0 Å². The number of aromatic nitrogens is 2. The highest BCUT2D eigenvalue weighted by Crippen LogP contribution is 2.56. The molecule has 2 fully saturated rings. The third-order valence-corrected chi connectivity index (χ3v) is 6.19. The first kappa shape index (κ1) is 15.1. The molecule has 1 spiro atoms. The molecule has 1 amide bonds. The molecule has 1 aromatic heterocycles. The smallest absolute Gasteiger partial charge is 0.220 e. The number of fused-ring (bicyclic) bond motifs is 1. The fourth-order valence-corrected chi connectivity index (χ4v) is 4.63. The highest BCUT2D eigenvalue weighted by Gasteiger charge is 2.58. The van der Waals surface area contributed by atoms with Gasteiger partial charge in [0.05, 0.1) is 17.9 Å². The number of hydrogen-bond donors (Lipinski definition) is 2. The molecule has 6 nitrogen and oxygen atoms in total. The van der Waals surface area contributed by atoms with Crippen molar-refractivity contribution < 1.29 is 4.79 Å². The molecule has 0 aromatic carbocycles. The Bertz CT molecular complexity index is 626. The maximum absolute atomic E-state index is 11.6. The Morgan fingerprint density at radius 1 is 1.48 bits per heavy atom. The van der Waals surface area contributed by atoms with Crippen molar-refractivity contribution >= 4 is 5.91 Å². The monoisotopic (exact) mass is 317 g/mol. The van der Waals surface area contributed by atoms with Crippen molar-refractivity contribution in [3.63, 3.8) is 0 Å². The Kier molecular flexibility index (Phi) is 3.50. The van der Waals surface area contributed by atoms with Crippen molar-refractivity contribution in [2.75, 3.05) is 20.1 Å². The number of carbonyl (C=O) groups excluding carboxylic acids is 1. The van der Waals surface area contributed by atoms with Crippen LogP contribution in [-0.2, 0) is 17.9 Å².